The van der Waals surface area contributed by atoms with Gasteiger partial charge in [-0.15, -0.1) is 0 Å². The van der Waals surface area contributed by atoms with Crippen LogP contribution in [0.1, 0.15) is 12.0 Å². The number of esters is 1. The highest BCUT2D eigenvalue weighted by atomic mass is 35.5. The Hall–Kier alpha value is -2.66. The van der Waals surface area contributed by atoms with Crippen LogP contribution >= 0.6 is 11.6 Å². The number of piperazine rings is 1. The Labute approximate surface area is 179 Å². The van der Waals surface area contributed by atoms with Crippen molar-refractivity contribution in [2.45, 2.75) is 25.2 Å². The highest BCUT2D eigenvalue weighted by Gasteiger charge is 2.44. The van der Waals surface area contributed by atoms with Crippen LogP contribution in [0.2, 0.25) is 5.02 Å². The van der Waals surface area contributed by atoms with Gasteiger partial charge in [0, 0.05) is 30.6 Å². The molecule has 31 heavy (non-hydrogen) atoms. The zero-order valence-electron chi connectivity index (χ0n) is 16.3. The zero-order chi connectivity index (χ0) is 22.8. The SMILES string of the molecule is CN1CCN(C(=O)CCc2cnoc2-c2ccc(F)c(Cl)c2)C(OC(=O)C(F)(F)F)C1. The number of rotatable bonds is 5. The van der Waals surface area contributed by atoms with Gasteiger partial charge in [0.15, 0.2) is 12.0 Å². The molecule has 1 saturated heterocycles. The Balaban J connectivity index is 1.69. The standard InChI is InChI=1S/C19H18ClF4N3O4/c1-26-6-7-27(16(10-26)30-18(29)19(22,23)24)15(28)5-3-12-9-25-31-17(12)11-2-4-14(21)13(20)8-11/h2,4,8-9,16H,3,5-7,10H2,1H3. The number of ether oxygens (including phenoxy) is 1. The average molecular weight is 464 g/mol. The van der Waals surface area contributed by atoms with Crippen molar-refractivity contribution in [3.8, 4) is 11.3 Å². The van der Waals surface area contributed by atoms with Crippen molar-refractivity contribution in [3.05, 3.63) is 40.8 Å². The monoisotopic (exact) mass is 463 g/mol. The lowest BCUT2D eigenvalue weighted by Gasteiger charge is -2.39. The van der Waals surface area contributed by atoms with Crippen LogP contribution in [0.5, 0.6) is 0 Å². The van der Waals surface area contributed by atoms with Crippen LogP contribution in [0.4, 0.5) is 17.6 Å². The topological polar surface area (TPSA) is 75.9 Å². The fourth-order valence-electron chi connectivity index (χ4n) is 3.15. The average Bonchev–Trinajstić information content (AvgIpc) is 3.16. The van der Waals surface area contributed by atoms with E-state index in [1.165, 1.54) is 24.4 Å². The van der Waals surface area contributed by atoms with Gasteiger partial charge >= 0.3 is 12.1 Å². The predicted molar refractivity (Wildman–Crippen MR) is 100 cm³/mol. The maximum atomic E-state index is 13.4. The van der Waals surface area contributed by atoms with E-state index in [4.69, 9.17) is 16.1 Å². The summed E-state index contributed by atoms with van der Waals surface area (Å²) in [6, 6.07) is 3.97. The van der Waals surface area contributed by atoms with Gasteiger partial charge in [-0.25, -0.2) is 9.18 Å². The van der Waals surface area contributed by atoms with E-state index in [1.807, 2.05) is 0 Å². The van der Waals surface area contributed by atoms with Gasteiger partial charge in [0.1, 0.15) is 5.82 Å². The van der Waals surface area contributed by atoms with Gasteiger partial charge in [-0.3, -0.25) is 9.69 Å². The van der Waals surface area contributed by atoms with Crippen molar-refractivity contribution in [2.75, 3.05) is 26.7 Å². The Morgan fingerprint density at radius 3 is 2.74 bits per heavy atom. The molecule has 3 rings (SSSR count). The number of hydrogen-bond acceptors (Lipinski definition) is 6. The first kappa shape index (κ1) is 23.0. The number of aromatic nitrogens is 1. The minimum atomic E-state index is -5.15. The van der Waals surface area contributed by atoms with E-state index in [0.717, 1.165) is 4.90 Å². The molecule has 0 aliphatic carbocycles. The second-order valence-electron chi connectivity index (χ2n) is 7.02. The quantitative estimate of drug-likeness (QED) is 0.500. The minimum Gasteiger partial charge on any atom is -0.433 e. The molecule has 2 heterocycles. The Morgan fingerprint density at radius 2 is 2.06 bits per heavy atom. The number of aryl methyl sites for hydroxylation is 1. The van der Waals surface area contributed by atoms with Crippen LogP contribution in [0.3, 0.4) is 0 Å². The molecule has 0 radical (unpaired) electrons. The molecule has 1 aliphatic heterocycles. The van der Waals surface area contributed by atoms with Crippen molar-refractivity contribution < 1.29 is 36.4 Å². The summed E-state index contributed by atoms with van der Waals surface area (Å²) in [4.78, 5) is 26.7. The van der Waals surface area contributed by atoms with E-state index >= 15 is 0 Å². The molecular formula is C19H18ClF4N3O4. The molecule has 1 atom stereocenters. The number of nitrogens with zero attached hydrogens (tertiary/aromatic N) is 3. The van der Waals surface area contributed by atoms with E-state index in [2.05, 4.69) is 9.89 Å². The van der Waals surface area contributed by atoms with E-state index in [-0.39, 0.29) is 31.0 Å². The van der Waals surface area contributed by atoms with Crippen molar-refractivity contribution in [1.82, 2.24) is 15.0 Å². The van der Waals surface area contributed by atoms with E-state index in [9.17, 15) is 27.2 Å². The molecule has 1 fully saturated rings. The van der Waals surface area contributed by atoms with Crippen LogP contribution in [0.15, 0.2) is 28.9 Å². The summed E-state index contributed by atoms with van der Waals surface area (Å²) in [5.41, 5.74) is 0.997. The van der Waals surface area contributed by atoms with Crippen LogP contribution < -0.4 is 0 Å². The molecule has 0 N–H and O–H groups in total. The largest absolute Gasteiger partial charge is 0.491 e. The lowest BCUT2D eigenvalue weighted by molar-refractivity contribution is -0.216. The van der Waals surface area contributed by atoms with Crippen LogP contribution in [0.25, 0.3) is 11.3 Å². The van der Waals surface area contributed by atoms with Gasteiger partial charge < -0.3 is 14.2 Å². The summed E-state index contributed by atoms with van der Waals surface area (Å²) in [5.74, 6) is -3.14. The van der Waals surface area contributed by atoms with Crippen molar-refractivity contribution in [1.29, 1.82) is 0 Å². The van der Waals surface area contributed by atoms with E-state index in [0.29, 0.717) is 23.4 Å². The molecule has 1 unspecified atom stereocenters. The minimum absolute atomic E-state index is 0.0415. The molecule has 1 aliphatic rings. The Morgan fingerprint density at radius 1 is 1.32 bits per heavy atom. The first-order valence-electron chi connectivity index (χ1n) is 9.21. The fourth-order valence-corrected chi connectivity index (χ4v) is 3.33. The molecule has 1 aromatic carbocycles. The number of likely N-dealkylation sites (N-methyl/N-ethyl adjacent to an activating group) is 1. The maximum absolute atomic E-state index is 13.4. The van der Waals surface area contributed by atoms with Gasteiger partial charge in [0.2, 0.25) is 5.91 Å². The van der Waals surface area contributed by atoms with Gasteiger partial charge in [-0.1, -0.05) is 16.8 Å². The molecule has 2 aromatic rings. The van der Waals surface area contributed by atoms with Crippen molar-refractivity contribution >= 4 is 23.5 Å². The number of benzene rings is 1. The summed E-state index contributed by atoms with van der Waals surface area (Å²) < 4.78 is 60.9. The van der Waals surface area contributed by atoms with Gasteiger partial charge in [-0.2, -0.15) is 13.2 Å². The predicted octanol–water partition coefficient (Wildman–Crippen LogP) is 3.27. The summed E-state index contributed by atoms with van der Waals surface area (Å²) in [6.45, 7) is 0.480. The number of carbonyl (C=O) groups is 2. The summed E-state index contributed by atoms with van der Waals surface area (Å²) in [6.07, 6.45) is -5.05. The first-order chi connectivity index (χ1) is 14.6. The summed E-state index contributed by atoms with van der Waals surface area (Å²) >= 11 is 5.79. The summed E-state index contributed by atoms with van der Waals surface area (Å²) in [5, 5.41) is 3.59. The van der Waals surface area contributed by atoms with Crippen molar-refractivity contribution in [2.24, 2.45) is 0 Å². The van der Waals surface area contributed by atoms with Crippen LogP contribution in [0, 0.1) is 5.82 Å². The molecule has 168 valence electrons. The smallest absolute Gasteiger partial charge is 0.433 e. The zero-order valence-corrected chi connectivity index (χ0v) is 17.0. The molecule has 0 bridgehead atoms. The molecule has 1 amide bonds. The highest BCUT2D eigenvalue weighted by molar-refractivity contribution is 6.31. The van der Waals surface area contributed by atoms with Gasteiger partial charge in [0.25, 0.3) is 0 Å². The first-order valence-corrected chi connectivity index (χ1v) is 9.59. The van der Waals surface area contributed by atoms with Crippen LogP contribution in [-0.4, -0.2) is 65.9 Å². The third kappa shape index (κ3) is 5.53. The molecular weight excluding hydrogens is 446 g/mol. The molecule has 1 aromatic heterocycles. The second kappa shape index (κ2) is 9.23. The molecule has 12 heteroatoms. The Kier molecular flexibility index (Phi) is 6.85. The lowest BCUT2D eigenvalue weighted by Crippen LogP contribution is -2.56. The second-order valence-corrected chi connectivity index (χ2v) is 7.42. The highest BCUT2D eigenvalue weighted by Crippen LogP contribution is 2.29. The van der Waals surface area contributed by atoms with E-state index in [1.54, 1.807) is 11.9 Å². The third-order valence-electron chi connectivity index (χ3n) is 4.77. The fraction of sp³-hybridized carbons (Fsp3) is 0.421. The number of carbonyl (C=O) groups excluding carboxylic acids is 2. The number of alkyl halides is 3. The van der Waals surface area contributed by atoms with Crippen LogP contribution in [-0.2, 0) is 20.7 Å². The normalized spacial score (nSPS) is 17.6. The van der Waals surface area contributed by atoms with Gasteiger partial charge in [-0.05, 0) is 31.7 Å². The number of amides is 1. The van der Waals surface area contributed by atoms with Crippen molar-refractivity contribution in [3.63, 3.8) is 0 Å². The van der Waals surface area contributed by atoms with E-state index < -0.39 is 30.1 Å². The molecule has 7 nitrogen and oxygen atoms in total. The Bertz CT molecular complexity index is 966. The maximum Gasteiger partial charge on any atom is 0.491 e. The lowest BCUT2D eigenvalue weighted by atomic mass is 10.0. The number of halogens is 5. The third-order valence-corrected chi connectivity index (χ3v) is 5.06. The molecule has 0 saturated carbocycles. The van der Waals surface area contributed by atoms with Gasteiger partial charge in [0.05, 0.1) is 17.8 Å². The summed E-state index contributed by atoms with van der Waals surface area (Å²) in [7, 11) is 1.65. The number of hydrogen-bond donors (Lipinski definition) is 0. The molecule has 0 spiro atoms.